The van der Waals surface area contributed by atoms with Crippen molar-refractivity contribution in [2.45, 2.75) is 17.4 Å². The van der Waals surface area contributed by atoms with Crippen molar-refractivity contribution in [3.63, 3.8) is 0 Å². The van der Waals surface area contributed by atoms with Gasteiger partial charge in [0.05, 0.1) is 10.7 Å². The number of benzene rings is 2. The first kappa shape index (κ1) is 17.3. The number of ether oxygens (including phenoxy) is 2. The number of rotatable bonds is 6. The molecule has 3 heterocycles. The average molecular weight is 409 g/mol. The Balaban J connectivity index is 1.22. The molecule has 1 aliphatic rings. The highest BCUT2D eigenvalue weighted by Crippen LogP contribution is 2.36. The third kappa shape index (κ3) is 3.74. The molecular formula is C20H15N3O3S2. The summed E-state index contributed by atoms with van der Waals surface area (Å²) in [5.74, 6) is 2.57. The van der Waals surface area contributed by atoms with E-state index in [4.69, 9.17) is 18.9 Å². The fraction of sp³-hybridized carbons (Fsp3) is 0.150. The van der Waals surface area contributed by atoms with Crippen molar-refractivity contribution in [3.8, 4) is 23.0 Å². The van der Waals surface area contributed by atoms with Crippen molar-refractivity contribution in [2.75, 3.05) is 6.79 Å². The van der Waals surface area contributed by atoms with Crippen molar-refractivity contribution < 1.29 is 13.9 Å². The van der Waals surface area contributed by atoms with Crippen LogP contribution in [0.1, 0.15) is 16.3 Å². The third-order valence-corrected chi connectivity index (χ3v) is 5.92. The lowest BCUT2D eigenvalue weighted by Crippen LogP contribution is -1.92. The highest BCUT2D eigenvalue weighted by atomic mass is 32.2. The van der Waals surface area contributed by atoms with E-state index in [2.05, 4.69) is 27.7 Å². The van der Waals surface area contributed by atoms with Gasteiger partial charge in [0.15, 0.2) is 11.5 Å². The molecule has 0 fully saturated rings. The first-order chi connectivity index (χ1) is 13.8. The molecule has 0 atom stereocenters. The number of thiazole rings is 1. The maximum atomic E-state index is 5.77. The van der Waals surface area contributed by atoms with Crippen LogP contribution in [-0.4, -0.2) is 22.0 Å². The van der Waals surface area contributed by atoms with Crippen LogP contribution in [0.25, 0.3) is 11.5 Å². The summed E-state index contributed by atoms with van der Waals surface area (Å²) < 4.78 is 16.5. The zero-order valence-corrected chi connectivity index (χ0v) is 16.3. The molecule has 6 nitrogen and oxygen atoms in total. The van der Waals surface area contributed by atoms with Crippen LogP contribution in [0.5, 0.6) is 11.5 Å². The van der Waals surface area contributed by atoms with Gasteiger partial charge < -0.3 is 13.9 Å². The molecule has 0 N–H and O–H groups in total. The molecule has 1 aliphatic heterocycles. The molecule has 0 radical (unpaired) electrons. The van der Waals surface area contributed by atoms with Gasteiger partial charge in [-0.1, -0.05) is 42.1 Å². The minimum Gasteiger partial charge on any atom is -0.454 e. The molecule has 5 rings (SSSR count). The van der Waals surface area contributed by atoms with Crippen LogP contribution in [-0.2, 0) is 12.2 Å². The molecule has 2 aromatic heterocycles. The second-order valence-electron chi connectivity index (χ2n) is 6.12. The van der Waals surface area contributed by atoms with Gasteiger partial charge in [-0.25, -0.2) is 4.98 Å². The summed E-state index contributed by atoms with van der Waals surface area (Å²) >= 11 is 3.16. The Kier molecular flexibility index (Phi) is 4.72. The van der Waals surface area contributed by atoms with Crippen LogP contribution >= 0.6 is 23.1 Å². The standard InChI is InChI=1S/C20H15N3O3S2/c1-2-4-13(5-3-1)8-18-21-15(10-27-18)11-28-20-23-22-19(26-20)14-6-7-16-17(9-14)25-12-24-16/h1-7,9-10H,8,11-12H2. The summed E-state index contributed by atoms with van der Waals surface area (Å²) in [5, 5.41) is 12.0. The molecule has 0 aliphatic carbocycles. The predicted molar refractivity (Wildman–Crippen MR) is 107 cm³/mol. The molecule has 0 saturated carbocycles. The summed E-state index contributed by atoms with van der Waals surface area (Å²) in [4.78, 5) is 4.70. The fourth-order valence-electron chi connectivity index (χ4n) is 2.82. The Morgan fingerprint density at radius 2 is 1.89 bits per heavy atom. The maximum Gasteiger partial charge on any atom is 0.277 e. The number of aromatic nitrogens is 3. The van der Waals surface area contributed by atoms with Crippen molar-refractivity contribution in [1.29, 1.82) is 0 Å². The maximum absolute atomic E-state index is 5.77. The van der Waals surface area contributed by atoms with Gasteiger partial charge in [0.2, 0.25) is 12.7 Å². The van der Waals surface area contributed by atoms with Gasteiger partial charge >= 0.3 is 0 Å². The topological polar surface area (TPSA) is 70.3 Å². The van der Waals surface area contributed by atoms with Gasteiger partial charge in [0, 0.05) is 23.1 Å². The summed E-state index contributed by atoms with van der Waals surface area (Å²) in [6, 6.07) is 15.9. The minimum atomic E-state index is 0.240. The Labute approximate surface area is 169 Å². The van der Waals surface area contributed by atoms with E-state index in [1.54, 1.807) is 11.3 Å². The average Bonchev–Trinajstić information content (AvgIpc) is 3.47. The van der Waals surface area contributed by atoms with Gasteiger partial charge in [0.1, 0.15) is 0 Å². The zero-order chi connectivity index (χ0) is 18.8. The molecule has 0 saturated heterocycles. The van der Waals surface area contributed by atoms with E-state index in [0.29, 0.717) is 22.6 Å². The molecule has 0 amide bonds. The highest BCUT2D eigenvalue weighted by molar-refractivity contribution is 7.98. The molecule has 140 valence electrons. The molecule has 4 aromatic rings. The Bertz CT molecular complexity index is 1100. The number of hydrogen-bond donors (Lipinski definition) is 0. The number of nitrogens with zero attached hydrogens (tertiary/aromatic N) is 3. The van der Waals surface area contributed by atoms with Gasteiger partial charge in [0.25, 0.3) is 5.22 Å². The highest BCUT2D eigenvalue weighted by Gasteiger charge is 2.17. The predicted octanol–water partition coefficient (Wildman–Crippen LogP) is 4.80. The summed E-state index contributed by atoms with van der Waals surface area (Å²) in [5.41, 5.74) is 3.09. The van der Waals surface area contributed by atoms with E-state index >= 15 is 0 Å². The van der Waals surface area contributed by atoms with Crippen molar-refractivity contribution in [1.82, 2.24) is 15.2 Å². The van der Waals surface area contributed by atoms with Crippen LogP contribution in [0.4, 0.5) is 0 Å². The summed E-state index contributed by atoms with van der Waals surface area (Å²) in [6.07, 6.45) is 0.852. The Hall–Kier alpha value is -2.84. The van der Waals surface area contributed by atoms with Crippen LogP contribution in [0, 0.1) is 0 Å². The van der Waals surface area contributed by atoms with E-state index in [9.17, 15) is 0 Å². The Morgan fingerprint density at radius 1 is 1.00 bits per heavy atom. The molecule has 2 aromatic carbocycles. The fourth-order valence-corrected chi connectivity index (χ4v) is 4.41. The quantitative estimate of drug-likeness (QED) is 0.423. The molecule has 0 unspecified atom stereocenters. The molecule has 8 heteroatoms. The largest absolute Gasteiger partial charge is 0.454 e. The zero-order valence-electron chi connectivity index (χ0n) is 14.7. The molecule has 28 heavy (non-hydrogen) atoms. The van der Waals surface area contributed by atoms with Gasteiger partial charge in [-0.2, -0.15) is 0 Å². The number of fused-ring (bicyclic) bond motifs is 1. The van der Waals surface area contributed by atoms with Crippen molar-refractivity contribution >= 4 is 23.1 Å². The first-order valence-electron chi connectivity index (χ1n) is 8.67. The Morgan fingerprint density at radius 3 is 2.82 bits per heavy atom. The van der Waals surface area contributed by atoms with E-state index in [1.165, 1.54) is 17.3 Å². The van der Waals surface area contributed by atoms with E-state index < -0.39 is 0 Å². The normalized spacial score (nSPS) is 12.4. The number of hydrogen-bond acceptors (Lipinski definition) is 8. The van der Waals surface area contributed by atoms with E-state index in [-0.39, 0.29) is 6.79 Å². The SMILES string of the molecule is c1ccc(Cc2nc(CSc3nnc(-c4ccc5c(c4)OCO5)o3)cs2)cc1. The molecule has 0 bridgehead atoms. The van der Waals surface area contributed by atoms with Crippen LogP contribution in [0.15, 0.2) is 63.6 Å². The van der Waals surface area contributed by atoms with Gasteiger partial charge in [-0.3, -0.25) is 0 Å². The lowest BCUT2D eigenvalue weighted by molar-refractivity contribution is 0.174. The van der Waals surface area contributed by atoms with Crippen LogP contribution in [0.3, 0.4) is 0 Å². The molecule has 0 spiro atoms. The van der Waals surface area contributed by atoms with Gasteiger partial charge in [-0.05, 0) is 23.8 Å². The lowest BCUT2D eigenvalue weighted by atomic mass is 10.2. The third-order valence-electron chi connectivity index (χ3n) is 4.17. The van der Waals surface area contributed by atoms with E-state index in [0.717, 1.165) is 28.4 Å². The smallest absolute Gasteiger partial charge is 0.277 e. The van der Waals surface area contributed by atoms with Crippen LogP contribution in [0.2, 0.25) is 0 Å². The second kappa shape index (κ2) is 7.65. The molecular weight excluding hydrogens is 394 g/mol. The van der Waals surface area contributed by atoms with E-state index in [1.807, 2.05) is 36.4 Å². The first-order valence-corrected chi connectivity index (χ1v) is 10.5. The summed E-state index contributed by atoms with van der Waals surface area (Å²) in [6.45, 7) is 0.240. The monoisotopic (exact) mass is 409 g/mol. The number of thioether (sulfide) groups is 1. The summed E-state index contributed by atoms with van der Waals surface area (Å²) in [7, 11) is 0. The van der Waals surface area contributed by atoms with Crippen molar-refractivity contribution in [3.05, 3.63) is 70.2 Å². The van der Waals surface area contributed by atoms with Gasteiger partial charge in [-0.15, -0.1) is 21.5 Å². The van der Waals surface area contributed by atoms with Crippen molar-refractivity contribution in [2.24, 2.45) is 0 Å². The van der Waals surface area contributed by atoms with Crippen LogP contribution < -0.4 is 9.47 Å². The second-order valence-corrected chi connectivity index (χ2v) is 7.99. The minimum absolute atomic E-state index is 0.240. The lowest BCUT2D eigenvalue weighted by Gasteiger charge is -1.98.